The number of ether oxygens (including phenoxy) is 2. The number of thiophene rings is 1. The first-order chi connectivity index (χ1) is 9.72. The second kappa shape index (κ2) is 6.20. The third kappa shape index (κ3) is 3.19. The summed E-state index contributed by atoms with van der Waals surface area (Å²) in [5.74, 6) is 2.09. The molecule has 0 fully saturated rings. The molecule has 20 heavy (non-hydrogen) atoms. The number of rotatable bonds is 4. The number of carbonyl (C=O) groups excluding carboxylic acids is 1. The number of fused-ring (bicyclic) bond motifs is 1. The van der Waals surface area contributed by atoms with Crippen LogP contribution in [0, 0.1) is 0 Å². The second-order valence-corrected chi connectivity index (χ2v) is 7.63. The van der Waals surface area contributed by atoms with Crippen molar-refractivity contribution in [3.63, 3.8) is 0 Å². The number of hydrogen-bond donors (Lipinski definition) is 0. The topological polar surface area (TPSA) is 35.5 Å². The zero-order valence-electron chi connectivity index (χ0n) is 10.4. The van der Waals surface area contributed by atoms with Crippen molar-refractivity contribution in [1.82, 2.24) is 0 Å². The maximum Gasteiger partial charge on any atom is 0.183 e. The smallest absolute Gasteiger partial charge is 0.183 e. The van der Waals surface area contributed by atoms with Crippen LogP contribution in [0.5, 0.6) is 11.5 Å². The highest BCUT2D eigenvalue weighted by Gasteiger charge is 2.13. The predicted octanol–water partition coefficient (Wildman–Crippen LogP) is 4.26. The molecule has 0 aliphatic carbocycles. The molecule has 1 aromatic carbocycles. The Labute approximate surface area is 133 Å². The maximum absolute atomic E-state index is 12.0. The Morgan fingerprint density at radius 1 is 1.20 bits per heavy atom. The van der Waals surface area contributed by atoms with Crippen LogP contribution in [0.25, 0.3) is 0 Å². The molecule has 1 aliphatic heterocycles. The molecule has 0 saturated carbocycles. The minimum absolute atomic E-state index is 0.139. The number of hydrogen-bond acceptors (Lipinski definition) is 5. The molecule has 3 rings (SSSR count). The van der Waals surface area contributed by atoms with Crippen LogP contribution in [0.3, 0.4) is 0 Å². The molecule has 0 saturated heterocycles. The first kappa shape index (κ1) is 14.0. The van der Waals surface area contributed by atoms with Gasteiger partial charge in [-0.1, -0.05) is 0 Å². The molecule has 3 nitrogen and oxygen atoms in total. The van der Waals surface area contributed by atoms with Gasteiger partial charge in [0.2, 0.25) is 0 Å². The van der Waals surface area contributed by atoms with E-state index in [1.54, 1.807) is 0 Å². The molecule has 0 N–H and O–H groups in total. The number of thioether (sulfide) groups is 1. The number of carbonyl (C=O) groups is 1. The summed E-state index contributed by atoms with van der Waals surface area (Å²) in [5.41, 5.74) is 0. The highest BCUT2D eigenvalue weighted by atomic mass is 79.9. The van der Waals surface area contributed by atoms with Crippen molar-refractivity contribution in [2.45, 2.75) is 4.90 Å². The van der Waals surface area contributed by atoms with Crippen molar-refractivity contribution in [3.8, 4) is 11.5 Å². The second-order valence-electron chi connectivity index (χ2n) is 4.12. The lowest BCUT2D eigenvalue weighted by molar-refractivity contribution is 0.102. The van der Waals surface area contributed by atoms with Crippen LogP contribution in [0.4, 0.5) is 0 Å². The SMILES string of the molecule is O=C(CSc1ccc2c(c1)OCCO2)c1ccc(Br)s1. The molecule has 2 heterocycles. The minimum atomic E-state index is 0.139. The van der Waals surface area contributed by atoms with Gasteiger partial charge in [-0.05, 0) is 46.3 Å². The zero-order valence-corrected chi connectivity index (χ0v) is 13.6. The van der Waals surface area contributed by atoms with Crippen LogP contribution < -0.4 is 9.47 Å². The minimum Gasteiger partial charge on any atom is -0.486 e. The Kier molecular flexibility index (Phi) is 4.33. The van der Waals surface area contributed by atoms with Gasteiger partial charge in [0.1, 0.15) is 13.2 Å². The summed E-state index contributed by atoms with van der Waals surface area (Å²) in [6.07, 6.45) is 0. The van der Waals surface area contributed by atoms with Crippen molar-refractivity contribution in [1.29, 1.82) is 0 Å². The fraction of sp³-hybridized carbons (Fsp3) is 0.214. The van der Waals surface area contributed by atoms with Crippen molar-refractivity contribution in [2.75, 3.05) is 19.0 Å². The van der Waals surface area contributed by atoms with Crippen LogP contribution in [-0.2, 0) is 0 Å². The molecule has 1 aliphatic rings. The van der Waals surface area contributed by atoms with E-state index in [0.717, 1.165) is 25.1 Å². The van der Waals surface area contributed by atoms with E-state index in [2.05, 4.69) is 15.9 Å². The van der Waals surface area contributed by atoms with Gasteiger partial charge >= 0.3 is 0 Å². The Morgan fingerprint density at radius 3 is 2.75 bits per heavy atom. The average Bonchev–Trinajstić information content (AvgIpc) is 2.91. The van der Waals surface area contributed by atoms with Gasteiger partial charge in [0, 0.05) is 4.90 Å². The summed E-state index contributed by atoms with van der Waals surface area (Å²) in [6, 6.07) is 9.52. The van der Waals surface area contributed by atoms with Crippen molar-refractivity contribution in [2.24, 2.45) is 0 Å². The molecule has 0 bridgehead atoms. The Bertz CT molecular complexity index is 639. The Hall–Kier alpha value is -0.980. The molecule has 2 aromatic rings. The van der Waals surface area contributed by atoms with Gasteiger partial charge in [-0.25, -0.2) is 0 Å². The summed E-state index contributed by atoms with van der Waals surface area (Å²) < 4.78 is 12.0. The summed E-state index contributed by atoms with van der Waals surface area (Å²) in [5, 5.41) is 0. The fourth-order valence-corrected chi connectivity index (χ4v) is 4.02. The van der Waals surface area contributed by atoms with Crippen LogP contribution in [0.15, 0.2) is 39.0 Å². The highest BCUT2D eigenvalue weighted by molar-refractivity contribution is 9.11. The van der Waals surface area contributed by atoms with E-state index in [1.807, 2.05) is 30.3 Å². The molecule has 0 unspecified atom stereocenters. The van der Waals surface area contributed by atoms with E-state index in [9.17, 15) is 4.79 Å². The van der Waals surface area contributed by atoms with E-state index in [4.69, 9.17) is 9.47 Å². The number of Topliss-reactive ketones (excluding diaryl/α,β-unsaturated/α-hetero) is 1. The third-order valence-corrected chi connectivity index (χ3v) is 5.39. The predicted molar refractivity (Wildman–Crippen MR) is 84.5 cm³/mol. The number of benzene rings is 1. The lowest BCUT2D eigenvalue weighted by Gasteiger charge is -2.18. The standard InChI is InChI=1S/C14H11BrO3S2/c15-14-4-3-13(20-14)10(16)8-19-9-1-2-11-12(7-9)18-6-5-17-11/h1-4,7H,5-6,8H2. The van der Waals surface area contributed by atoms with Crippen molar-refractivity contribution >= 4 is 44.8 Å². The summed E-state index contributed by atoms with van der Waals surface area (Å²) in [4.78, 5) is 13.8. The maximum atomic E-state index is 12.0. The molecule has 0 atom stereocenters. The quantitative estimate of drug-likeness (QED) is 0.595. The van der Waals surface area contributed by atoms with Gasteiger partial charge < -0.3 is 9.47 Å². The summed E-state index contributed by atoms with van der Waals surface area (Å²) in [6.45, 7) is 1.16. The average molecular weight is 371 g/mol. The van der Waals surface area contributed by atoms with E-state index in [-0.39, 0.29) is 5.78 Å². The van der Waals surface area contributed by atoms with Gasteiger partial charge in [-0.3, -0.25) is 4.79 Å². The van der Waals surface area contributed by atoms with Gasteiger partial charge in [0.05, 0.1) is 14.4 Å². The molecule has 0 spiro atoms. The largest absolute Gasteiger partial charge is 0.486 e. The zero-order chi connectivity index (χ0) is 13.9. The van der Waals surface area contributed by atoms with Crippen LogP contribution in [-0.4, -0.2) is 24.7 Å². The van der Waals surface area contributed by atoms with Crippen molar-refractivity contribution in [3.05, 3.63) is 39.0 Å². The van der Waals surface area contributed by atoms with E-state index < -0.39 is 0 Å². The van der Waals surface area contributed by atoms with E-state index in [0.29, 0.717) is 19.0 Å². The molecule has 0 amide bonds. The molecule has 1 aromatic heterocycles. The van der Waals surface area contributed by atoms with Crippen LogP contribution in [0.1, 0.15) is 9.67 Å². The number of ketones is 1. The lowest BCUT2D eigenvalue weighted by Crippen LogP contribution is -2.15. The number of halogens is 1. The Balaban J connectivity index is 1.65. The summed E-state index contributed by atoms with van der Waals surface area (Å²) in [7, 11) is 0. The first-order valence-electron chi connectivity index (χ1n) is 6.03. The van der Waals surface area contributed by atoms with Gasteiger partial charge in [-0.15, -0.1) is 23.1 Å². The molecule has 0 radical (unpaired) electrons. The molecule has 104 valence electrons. The summed E-state index contributed by atoms with van der Waals surface area (Å²) >= 11 is 6.34. The first-order valence-corrected chi connectivity index (χ1v) is 8.63. The van der Waals surface area contributed by atoms with E-state index in [1.165, 1.54) is 23.1 Å². The van der Waals surface area contributed by atoms with Gasteiger partial charge in [0.15, 0.2) is 17.3 Å². The van der Waals surface area contributed by atoms with Crippen molar-refractivity contribution < 1.29 is 14.3 Å². The fourth-order valence-electron chi connectivity index (χ4n) is 1.80. The molecule has 6 heteroatoms. The van der Waals surface area contributed by atoms with Gasteiger partial charge in [-0.2, -0.15) is 0 Å². The normalized spacial score (nSPS) is 13.2. The molecular formula is C14H11BrO3S2. The van der Waals surface area contributed by atoms with Crippen LogP contribution >= 0.6 is 39.0 Å². The van der Waals surface area contributed by atoms with Crippen LogP contribution in [0.2, 0.25) is 0 Å². The van der Waals surface area contributed by atoms with Gasteiger partial charge in [0.25, 0.3) is 0 Å². The third-order valence-electron chi connectivity index (χ3n) is 2.73. The lowest BCUT2D eigenvalue weighted by atomic mass is 10.3. The van der Waals surface area contributed by atoms with E-state index >= 15 is 0 Å². The molecular weight excluding hydrogens is 360 g/mol. The monoisotopic (exact) mass is 370 g/mol. The highest BCUT2D eigenvalue weighted by Crippen LogP contribution is 2.34. The Morgan fingerprint density at radius 2 is 2.00 bits per heavy atom.